The minimum Gasteiger partial charge on any atom is -0.135 e. The lowest BCUT2D eigenvalue weighted by Gasteiger charge is -2.14. The van der Waals surface area contributed by atoms with Gasteiger partial charge in [-0.05, 0) is 76.7 Å². The molecule has 0 nitrogen and oxygen atoms in total. The van der Waals surface area contributed by atoms with Crippen molar-refractivity contribution >= 4 is 90.0 Å². The van der Waals surface area contributed by atoms with Crippen molar-refractivity contribution in [2.45, 2.75) is 6.92 Å². The van der Waals surface area contributed by atoms with Crippen molar-refractivity contribution in [3.8, 4) is 34.6 Å². The highest BCUT2D eigenvalue weighted by Crippen LogP contribution is 2.46. The molecule has 46 heavy (non-hydrogen) atoms. The molecule has 9 rings (SSSR count). The number of thiophene rings is 3. The smallest absolute Gasteiger partial charge is 0.0514 e. The maximum Gasteiger partial charge on any atom is 0.0514 e. The molecule has 0 saturated carbocycles. The molecule has 0 unspecified atom stereocenters. The number of rotatable bonds is 4. The van der Waals surface area contributed by atoms with Crippen LogP contribution < -0.4 is 0 Å². The van der Waals surface area contributed by atoms with Gasteiger partial charge in [-0.1, -0.05) is 103 Å². The molecule has 0 bridgehead atoms. The van der Waals surface area contributed by atoms with E-state index in [4.69, 9.17) is 6.42 Å². The summed E-state index contributed by atoms with van der Waals surface area (Å²) in [5.41, 5.74) is 8.26. The first-order valence-electron chi connectivity index (χ1n) is 15.3. The summed E-state index contributed by atoms with van der Waals surface area (Å²) in [5.74, 6) is 3.05. The second-order valence-corrected chi connectivity index (χ2v) is 14.7. The van der Waals surface area contributed by atoms with Crippen LogP contribution in [0.2, 0.25) is 0 Å². The second kappa shape index (κ2) is 10.8. The average Bonchev–Trinajstić information content (AvgIpc) is 3.79. The SMILES string of the molecule is C#Cc1c(/C(=C\C)c2cc(-c3cccc4c3sc3ccccc34)cc(-c3cccc4c3sc3ccccc34)c2)sc2ccccc12. The third-order valence-electron chi connectivity index (χ3n) is 8.95. The minimum absolute atomic E-state index is 0.971. The van der Waals surface area contributed by atoms with E-state index in [-0.39, 0.29) is 0 Å². The van der Waals surface area contributed by atoms with Gasteiger partial charge in [-0.2, -0.15) is 0 Å². The Morgan fingerprint density at radius 2 is 1.02 bits per heavy atom. The molecule has 0 amide bonds. The van der Waals surface area contributed by atoms with E-state index in [1.807, 2.05) is 22.7 Å². The van der Waals surface area contributed by atoms with Crippen molar-refractivity contribution in [3.63, 3.8) is 0 Å². The summed E-state index contributed by atoms with van der Waals surface area (Å²) < 4.78 is 6.48. The highest BCUT2D eigenvalue weighted by molar-refractivity contribution is 7.26. The van der Waals surface area contributed by atoms with Crippen LogP contribution in [0.5, 0.6) is 0 Å². The molecule has 6 aromatic carbocycles. The molecule has 3 aromatic heterocycles. The van der Waals surface area contributed by atoms with Crippen LogP contribution in [0.15, 0.2) is 133 Å². The number of terminal acetylenes is 1. The molecule has 3 heteroatoms. The zero-order valence-corrected chi connectivity index (χ0v) is 27.5. The highest BCUT2D eigenvalue weighted by Gasteiger charge is 2.19. The number of hydrogen-bond donors (Lipinski definition) is 0. The maximum atomic E-state index is 6.20. The van der Waals surface area contributed by atoms with Crippen LogP contribution in [0.3, 0.4) is 0 Å². The van der Waals surface area contributed by atoms with Crippen LogP contribution in [-0.4, -0.2) is 0 Å². The van der Waals surface area contributed by atoms with Gasteiger partial charge in [0, 0.05) is 50.4 Å². The van der Waals surface area contributed by atoms with E-state index in [2.05, 4.69) is 146 Å². The molecule has 0 spiro atoms. The summed E-state index contributed by atoms with van der Waals surface area (Å²) in [7, 11) is 0. The van der Waals surface area contributed by atoms with Crippen molar-refractivity contribution in [1.82, 2.24) is 0 Å². The fourth-order valence-corrected chi connectivity index (χ4v) is 10.6. The lowest BCUT2D eigenvalue weighted by atomic mass is 9.91. The van der Waals surface area contributed by atoms with Crippen molar-refractivity contribution in [3.05, 3.63) is 149 Å². The van der Waals surface area contributed by atoms with E-state index < -0.39 is 0 Å². The average molecular weight is 639 g/mol. The standard InChI is InChI=1S/C43H26S3/c1-3-29(41-30(4-2)33-13-5-8-20-38(33)44-41)26-23-27(31-16-11-18-36-34-14-6-9-21-39(34)45-42(31)36)25-28(24-26)32-17-12-19-37-35-15-7-10-22-40(35)46-43(32)37/h2-3,5-25H,1H3/b29-3-. The molecule has 0 radical (unpaired) electrons. The van der Waals surface area contributed by atoms with Gasteiger partial charge in [0.1, 0.15) is 0 Å². The molecular formula is C43H26S3. The molecule has 0 aliphatic heterocycles. The van der Waals surface area contributed by atoms with Crippen LogP contribution in [0, 0.1) is 12.3 Å². The van der Waals surface area contributed by atoms with Gasteiger partial charge in [-0.15, -0.1) is 40.4 Å². The molecule has 0 fully saturated rings. The first kappa shape index (κ1) is 27.3. The fourth-order valence-electron chi connectivity index (χ4n) is 6.85. The Bertz CT molecular complexity index is 2590. The number of fused-ring (bicyclic) bond motifs is 7. The zero-order chi connectivity index (χ0) is 30.8. The summed E-state index contributed by atoms with van der Waals surface area (Å²) in [5, 5.41) is 6.39. The van der Waals surface area contributed by atoms with Crippen molar-refractivity contribution < 1.29 is 0 Å². The Kier molecular flexibility index (Phi) is 6.43. The van der Waals surface area contributed by atoms with E-state index in [1.54, 1.807) is 11.3 Å². The van der Waals surface area contributed by atoms with Crippen LogP contribution in [0.1, 0.15) is 22.9 Å². The minimum atomic E-state index is 0.971. The van der Waals surface area contributed by atoms with Crippen molar-refractivity contribution in [1.29, 1.82) is 0 Å². The molecule has 0 aliphatic carbocycles. The molecule has 216 valence electrons. The Balaban J connectivity index is 1.34. The van der Waals surface area contributed by atoms with Gasteiger partial charge in [-0.3, -0.25) is 0 Å². The highest BCUT2D eigenvalue weighted by atomic mass is 32.1. The van der Waals surface area contributed by atoms with E-state index >= 15 is 0 Å². The summed E-state index contributed by atoms with van der Waals surface area (Å²) in [6.07, 6.45) is 8.43. The van der Waals surface area contributed by atoms with E-state index in [0.29, 0.717) is 0 Å². The van der Waals surface area contributed by atoms with Crippen molar-refractivity contribution in [2.75, 3.05) is 0 Å². The topological polar surface area (TPSA) is 0 Å². The van der Waals surface area contributed by atoms with Crippen molar-refractivity contribution in [2.24, 2.45) is 0 Å². The summed E-state index contributed by atoms with van der Waals surface area (Å²) in [6, 6.07) is 46.6. The number of hydrogen-bond acceptors (Lipinski definition) is 3. The third kappa shape index (κ3) is 4.19. The van der Waals surface area contributed by atoms with Gasteiger partial charge in [0.2, 0.25) is 0 Å². The lowest BCUT2D eigenvalue weighted by Crippen LogP contribution is -1.92. The van der Waals surface area contributed by atoms with Crippen LogP contribution in [0.25, 0.3) is 78.3 Å². The summed E-state index contributed by atoms with van der Waals surface area (Å²) >= 11 is 5.54. The van der Waals surface area contributed by atoms with Crippen LogP contribution in [-0.2, 0) is 0 Å². The maximum absolute atomic E-state index is 6.20. The first-order chi connectivity index (χ1) is 22.7. The normalized spacial score (nSPS) is 12.1. The largest absolute Gasteiger partial charge is 0.135 e. The molecule has 9 aromatic rings. The third-order valence-corrected chi connectivity index (χ3v) is 12.6. The predicted octanol–water partition coefficient (Wildman–Crippen LogP) is 13.4. The van der Waals surface area contributed by atoms with Gasteiger partial charge in [0.15, 0.2) is 0 Å². The molecule has 0 atom stereocenters. The Labute approximate surface area is 279 Å². The summed E-state index contributed by atoms with van der Waals surface area (Å²) in [4.78, 5) is 1.15. The van der Waals surface area contributed by atoms with E-state index in [9.17, 15) is 0 Å². The quantitative estimate of drug-likeness (QED) is 0.168. The monoisotopic (exact) mass is 638 g/mol. The van der Waals surface area contributed by atoms with Crippen LogP contribution >= 0.6 is 34.0 Å². The predicted molar refractivity (Wildman–Crippen MR) is 206 cm³/mol. The molecule has 0 saturated heterocycles. The number of allylic oxidation sites excluding steroid dienone is 1. The van der Waals surface area contributed by atoms with Gasteiger partial charge in [-0.25, -0.2) is 0 Å². The van der Waals surface area contributed by atoms with Gasteiger partial charge in [0.25, 0.3) is 0 Å². The Morgan fingerprint density at radius 3 is 1.54 bits per heavy atom. The van der Waals surface area contributed by atoms with E-state index in [0.717, 1.165) is 15.8 Å². The molecule has 0 aliphatic rings. The first-order valence-corrected chi connectivity index (χ1v) is 17.8. The van der Waals surface area contributed by atoms with Crippen LogP contribution in [0.4, 0.5) is 0 Å². The van der Waals surface area contributed by atoms with Gasteiger partial charge in [0.05, 0.1) is 10.4 Å². The number of benzene rings is 6. The molecule has 0 N–H and O–H groups in total. The van der Waals surface area contributed by atoms with E-state index in [1.165, 1.54) is 78.4 Å². The fraction of sp³-hybridized carbons (Fsp3) is 0.0233. The van der Waals surface area contributed by atoms with Gasteiger partial charge < -0.3 is 0 Å². The lowest BCUT2D eigenvalue weighted by molar-refractivity contribution is 1.56. The second-order valence-electron chi connectivity index (χ2n) is 11.5. The summed E-state index contributed by atoms with van der Waals surface area (Å²) in [6.45, 7) is 2.13. The Morgan fingerprint density at radius 1 is 0.543 bits per heavy atom. The molecule has 3 heterocycles. The zero-order valence-electron chi connectivity index (χ0n) is 25.0. The Hall–Kier alpha value is -4.98. The molecular weight excluding hydrogens is 613 g/mol. The van der Waals surface area contributed by atoms with Gasteiger partial charge >= 0.3 is 0 Å².